The lowest BCUT2D eigenvalue weighted by Gasteiger charge is -2.23. The van der Waals surface area contributed by atoms with Crippen LogP contribution >= 0.6 is 0 Å². The molecule has 5 heteroatoms. The molecular weight excluding hydrogens is 280 g/mol. The van der Waals surface area contributed by atoms with E-state index in [1.807, 2.05) is 32.0 Å². The number of aliphatic carboxylic acids is 1. The second-order valence-electron chi connectivity index (χ2n) is 6.68. The monoisotopic (exact) mass is 302 g/mol. The van der Waals surface area contributed by atoms with Gasteiger partial charge in [-0.2, -0.15) is 0 Å². The summed E-state index contributed by atoms with van der Waals surface area (Å²) in [6.45, 7) is 4.84. The molecule has 1 aliphatic heterocycles. The molecule has 0 unspecified atom stereocenters. The van der Waals surface area contributed by atoms with E-state index < -0.39 is 11.4 Å². The van der Waals surface area contributed by atoms with Crippen molar-refractivity contribution in [1.29, 1.82) is 0 Å². The zero-order chi connectivity index (χ0) is 15.9. The Labute approximate surface area is 130 Å². The first kappa shape index (κ1) is 14.9. The van der Waals surface area contributed by atoms with Crippen molar-refractivity contribution in [3.8, 4) is 0 Å². The first-order chi connectivity index (χ1) is 10.4. The summed E-state index contributed by atoms with van der Waals surface area (Å²) in [5, 5.41) is 12.5. The van der Waals surface area contributed by atoms with Crippen LogP contribution in [0.15, 0.2) is 18.2 Å². The first-order valence-electron chi connectivity index (χ1n) is 7.79. The van der Waals surface area contributed by atoms with Gasteiger partial charge in [0, 0.05) is 18.8 Å². The summed E-state index contributed by atoms with van der Waals surface area (Å²) >= 11 is 0. The molecule has 0 aromatic heterocycles. The van der Waals surface area contributed by atoms with Crippen LogP contribution in [-0.4, -0.2) is 35.1 Å². The van der Waals surface area contributed by atoms with E-state index in [1.54, 1.807) is 4.90 Å². The number of amides is 2. The molecule has 1 aliphatic carbocycles. The van der Waals surface area contributed by atoms with Gasteiger partial charge in [0.05, 0.1) is 5.41 Å². The Balaban J connectivity index is 1.73. The maximum absolute atomic E-state index is 12.5. The summed E-state index contributed by atoms with van der Waals surface area (Å²) in [6, 6.07) is 5.68. The number of nitrogens with one attached hydrogen (secondary N) is 1. The minimum absolute atomic E-state index is 0.0925. The fourth-order valence-electron chi connectivity index (χ4n) is 3.94. The van der Waals surface area contributed by atoms with Crippen LogP contribution in [0.25, 0.3) is 0 Å². The number of carbonyl (C=O) groups excluding carboxylic acids is 1. The van der Waals surface area contributed by atoms with Gasteiger partial charge < -0.3 is 15.3 Å². The molecule has 1 saturated carbocycles. The Bertz CT molecular complexity index is 628. The minimum Gasteiger partial charge on any atom is -0.481 e. The molecule has 3 rings (SSSR count). The molecule has 22 heavy (non-hydrogen) atoms. The van der Waals surface area contributed by atoms with Gasteiger partial charge >= 0.3 is 12.0 Å². The van der Waals surface area contributed by atoms with Gasteiger partial charge in [-0.05, 0) is 44.2 Å². The standard InChI is InChI=1S/C17H22N2O3/c1-11-5-6-14(12(2)8-11)18-16(22)19-9-13-4-3-7-17(13,10-19)15(20)21/h5-6,8,13H,3-4,7,9-10H2,1-2H3,(H,18,22)(H,20,21)/t13-,17+/m0/s1. The summed E-state index contributed by atoms with van der Waals surface area (Å²) in [6.07, 6.45) is 2.53. The lowest BCUT2D eigenvalue weighted by Crippen LogP contribution is -2.38. The second kappa shape index (κ2) is 5.30. The number of carboxylic acid groups (broad SMARTS) is 1. The van der Waals surface area contributed by atoms with Crippen LogP contribution in [0.2, 0.25) is 0 Å². The molecular formula is C17H22N2O3. The van der Waals surface area contributed by atoms with Crippen molar-refractivity contribution in [2.45, 2.75) is 33.1 Å². The quantitative estimate of drug-likeness (QED) is 0.882. The highest BCUT2D eigenvalue weighted by molar-refractivity contribution is 5.91. The predicted octanol–water partition coefficient (Wildman–Crippen LogP) is 3.02. The van der Waals surface area contributed by atoms with E-state index in [9.17, 15) is 14.7 Å². The summed E-state index contributed by atoms with van der Waals surface area (Å²) in [5.41, 5.74) is 2.23. The largest absolute Gasteiger partial charge is 0.481 e. The van der Waals surface area contributed by atoms with Crippen LogP contribution in [0.4, 0.5) is 10.5 Å². The van der Waals surface area contributed by atoms with Crippen LogP contribution in [0, 0.1) is 25.2 Å². The average molecular weight is 302 g/mol. The molecule has 2 amide bonds. The number of benzene rings is 1. The van der Waals surface area contributed by atoms with E-state index in [-0.39, 0.29) is 11.9 Å². The number of hydrogen-bond donors (Lipinski definition) is 2. The maximum Gasteiger partial charge on any atom is 0.321 e. The number of fused-ring (bicyclic) bond motifs is 1. The van der Waals surface area contributed by atoms with Crippen molar-refractivity contribution >= 4 is 17.7 Å². The Morgan fingerprint density at radius 2 is 2.14 bits per heavy atom. The fraction of sp³-hybridized carbons (Fsp3) is 0.529. The Morgan fingerprint density at radius 3 is 2.77 bits per heavy atom. The Kier molecular flexibility index (Phi) is 3.59. The van der Waals surface area contributed by atoms with Gasteiger partial charge in [0.25, 0.3) is 0 Å². The zero-order valence-corrected chi connectivity index (χ0v) is 13.1. The van der Waals surface area contributed by atoms with Gasteiger partial charge in [-0.1, -0.05) is 24.1 Å². The molecule has 1 aromatic carbocycles. The van der Waals surface area contributed by atoms with Gasteiger partial charge in [0.2, 0.25) is 0 Å². The van der Waals surface area contributed by atoms with Crippen LogP contribution in [0.5, 0.6) is 0 Å². The Morgan fingerprint density at radius 1 is 1.36 bits per heavy atom. The summed E-state index contributed by atoms with van der Waals surface area (Å²) in [4.78, 5) is 25.8. The summed E-state index contributed by atoms with van der Waals surface area (Å²) in [5.74, 6) is -0.660. The smallest absolute Gasteiger partial charge is 0.321 e. The third kappa shape index (κ3) is 2.34. The number of carboxylic acids is 1. The molecule has 0 radical (unpaired) electrons. The molecule has 2 aliphatic rings. The van der Waals surface area contributed by atoms with Crippen LogP contribution < -0.4 is 5.32 Å². The summed E-state index contributed by atoms with van der Waals surface area (Å²) < 4.78 is 0. The normalized spacial score (nSPS) is 26.8. The number of nitrogens with zero attached hydrogens (tertiary/aromatic N) is 1. The van der Waals surface area contributed by atoms with Crippen molar-refractivity contribution in [3.05, 3.63) is 29.3 Å². The lowest BCUT2D eigenvalue weighted by atomic mass is 9.81. The molecule has 1 aromatic rings. The third-order valence-corrected chi connectivity index (χ3v) is 5.21. The lowest BCUT2D eigenvalue weighted by molar-refractivity contribution is -0.149. The molecule has 5 nitrogen and oxygen atoms in total. The molecule has 1 saturated heterocycles. The van der Waals surface area contributed by atoms with Crippen LogP contribution in [0.1, 0.15) is 30.4 Å². The first-order valence-corrected chi connectivity index (χ1v) is 7.79. The zero-order valence-electron chi connectivity index (χ0n) is 13.1. The van der Waals surface area contributed by atoms with Crippen molar-refractivity contribution < 1.29 is 14.7 Å². The number of likely N-dealkylation sites (tertiary alicyclic amines) is 1. The minimum atomic E-state index is -0.753. The molecule has 2 fully saturated rings. The second-order valence-corrected chi connectivity index (χ2v) is 6.68. The highest BCUT2D eigenvalue weighted by Crippen LogP contribution is 2.48. The number of hydrogen-bond acceptors (Lipinski definition) is 2. The number of urea groups is 1. The van der Waals surface area contributed by atoms with E-state index in [1.165, 1.54) is 0 Å². The number of anilines is 1. The van der Waals surface area contributed by atoms with Crippen LogP contribution in [-0.2, 0) is 4.79 Å². The van der Waals surface area contributed by atoms with Gasteiger partial charge in [0.1, 0.15) is 0 Å². The van der Waals surface area contributed by atoms with E-state index in [0.29, 0.717) is 19.5 Å². The SMILES string of the molecule is Cc1ccc(NC(=O)N2C[C@@H]3CCC[C@@]3(C(=O)O)C2)c(C)c1. The molecule has 0 bridgehead atoms. The molecule has 2 N–H and O–H groups in total. The van der Waals surface area contributed by atoms with E-state index in [0.717, 1.165) is 29.7 Å². The van der Waals surface area contributed by atoms with Gasteiger partial charge in [0.15, 0.2) is 0 Å². The number of carbonyl (C=O) groups is 2. The fourth-order valence-corrected chi connectivity index (χ4v) is 3.94. The highest BCUT2D eigenvalue weighted by Gasteiger charge is 2.55. The van der Waals surface area contributed by atoms with E-state index >= 15 is 0 Å². The van der Waals surface area contributed by atoms with E-state index in [2.05, 4.69) is 5.32 Å². The van der Waals surface area contributed by atoms with Crippen molar-refractivity contribution in [1.82, 2.24) is 4.90 Å². The molecule has 0 spiro atoms. The van der Waals surface area contributed by atoms with Crippen molar-refractivity contribution in [2.75, 3.05) is 18.4 Å². The number of rotatable bonds is 2. The van der Waals surface area contributed by atoms with Crippen molar-refractivity contribution in [2.24, 2.45) is 11.3 Å². The average Bonchev–Trinajstić information content (AvgIpc) is 2.99. The van der Waals surface area contributed by atoms with Crippen molar-refractivity contribution in [3.63, 3.8) is 0 Å². The Hall–Kier alpha value is -2.04. The van der Waals surface area contributed by atoms with Gasteiger partial charge in [-0.15, -0.1) is 0 Å². The molecule has 1 heterocycles. The molecule has 2 atom stereocenters. The van der Waals surface area contributed by atoms with Gasteiger partial charge in [-0.25, -0.2) is 4.79 Å². The van der Waals surface area contributed by atoms with E-state index in [4.69, 9.17) is 0 Å². The number of aryl methyl sites for hydroxylation is 2. The predicted molar refractivity (Wildman–Crippen MR) is 83.9 cm³/mol. The third-order valence-electron chi connectivity index (χ3n) is 5.21. The topological polar surface area (TPSA) is 69.6 Å². The maximum atomic E-state index is 12.5. The van der Waals surface area contributed by atoms with Crippen LogP contribution in [0.3, 0.4) is 0 Å². The summed E-state index contributed by atoms with van der Waals surface area (Å²) in [7, 11) is 0. The highest BCUT2D eigenvalue weighted by atomic mass is 16.4. The van der Waals surface area contributed by atoms with Gasteiger partial charge in [-0.3, -0.25) is 4.79 Å². The molecule has 118 valence electrons.